The number of amides is 3. The number of imide groups is 1. The van der Waals surface area contributed by atoms with Gasteiger partial charge in [0.05, 0.1) is 17.1 Å². The van der Waals surface area contributed by atoms with Crippen LogP contribution in [0.15, 0.2) is 48.5 Å². The summed E-state index contributed by atoms with van der Waals surface area (Å²) >= 11 is 12.0. The molecule has 3 rings (SSSR count). The second kappa shape index (κ2) is 7.27. The molecule has 1 aliphatic rings. The van der Waals surface area contributed by atoms with Crippen LogP contribution in [-0.2, 0) is 16.9 Å². The number of nitrogens with one attached hydrogen (secondary N) is 2. The van der Waals surface area contributed by atoms with Gasteiger partial charge in [0.1, 0.15) is 12.1 Å². The van der Waals surface area contributed by atoms with Gasteiger partial charge in [-0.3, -0.25) is 4.79 Å². The Morgan fingerprint density at radius 2 is 1.77 bits per heavy atom. The zero-order chi connectivity index (χ0) is 18.9. The van der Waals surface area contributed by atoms with Crippen molar-refractivity contribution in [1.29, 1.82) is 0 Å². The average molecular weight is 393 g/mol. The number of carbonyl (C=O) groups excluding carboxylic acids is 2. The summed E-state index contributed by atoms with van der Waals surface area (Å²) in [5, 5.41) is 3.81. The summed E-state index contributed by atoms with van der Waals surface area (Å²) < 4.78 is 0. The molecule has 2 atom stereocenters. The average Bonchev–Trinajstić information content (AvgIpc) is 2.83. The minimum atomic E-state index is -1.04. The molecular formula is C19H20Cl2N3O2+. The zero-order valence-electron chi connectivity index (χ0n) is 14.6. The Balaban J connectivity index is 1.72. The minimum Gasteiger partial charge on any atom is -0.319 e. The predicted molar refractivity (Wildman–Crippen MR) is 101 cm³/mol. The molecule has 2 N–H and O–H groups in total. The van der Waals surface area contributed by atoms with Crippen LogP contribution in [0.4, 0.5) is 4.79 Å². The van der Waals surface area contributed by atoms with E-state index in [1.165, 1.54) is 4.90 Å². The maximum Gasteiger partial charge on any atom is 0.329 e. The highest BCUT2D eigenvalue weighted by Crippen LogP contribution is 2.28. The molecule has 0 spiro atoms. The number of carbonyl (C=O) groups is 2. The Morgan fingerprint density at radius 3 is 2.42 bits per heavy atom. The third kappa shape index (κ3) is 3.56. The molecule has 0 bridgehead atoms. The van der Waals surface area contributed by atoms with Crippen LogP contribution in [0.2, 0.25) is 10.0 Å². The molecule has 1 heterocycles. The molecule has 7 heteroatoms. The van der Waals surface area contributed by atoms with Crippen molar-refractivity contribution >= 4 is 35.1 Å². The second-order valence-corrected chi connectivity index (χ2v) is 7.51. The Bertz CT molecular complexity index is 844. The molecule has 1 unspecified atom stereocenters. The molecule has 136 valence electrons. The summed E-state index contributed by atoms with van der Waals surface area (Å²) in [5.74, 6) is -0.248. The monoisotopic (exact) mass is 392 g/mol. The van der Waals surface area contributed by atoms with Gasteiger partial charge in [-0.15, -0.1) is 0 Å². The summed E-state index contributed by atoms with van der Waals surface area (Å²) in [5.41, 5.74) is 0.708. The first-order chi connectivity index (χ1) is 12.3. The van der Waals surface area contributed by atoms with Gasteiger partial charge in [-0.25, -0.2) is 9.69 Å². The molecule has 1 saturated heterocycles. The number of quaternary nitrogens is 1. The van der Waals surface area contributed by atoms with Crippen LogP contribution >= 0.6 is 23.2 Å². The lowest BCUT2D eigenvalue weighted by molar-refractivity contribution is -0.901. The van der Waals surface area contributed by atoms with Gasteiger partial charge in [-0.05, 0) is 24.6 Å². The highest BCUT2D eigenvalue weighted by atomic mass is 35.5. The molecule has 0 aliphatic carbocycles. The number of halogens is 2. The summed E-state index contributed by atoms with van der Waals surface area (Å²) in [7, 11) is 1.92. The van der Waals surface area contributed by atoms with Crippen molar-refractivity contribution in [2.24, 2.45) is 0 Å². The van der Waals surface area contributed by atoms with E-state index in [2.05, 4.69) is 5.32 Å². The highest BCUT2D eigenvalue weighted by Gasteiger charge is 2.49. The lowest BCUT2D eigenvalue weighted by atomic mass is 9.92. The van der Waals surface area contributed by atoms with Gasteiger partial charge in [0.25, 0.3) is 5.91 Å². The van der Waals surface area contributed by atoms with Crippen molar-refractivity contribution < 1.29 is 14.5 Å². The van der Waals surface area contributed by atoms with Crippen molar-refractivity contribution in [1.82, 2.24) is 10.2 Å². The third-order valence-electron chi connectivity index (χ3n) is 4.54. The van der Waals surface area contributed by atoms with E-state index >= 15 is 0 Å². The fourth-order valence-electron chi connectivity index (χ4n) is 3.13. The Morgan fingerprint density at radius 1 is 1.08 bits per heavy atom. The molecule has 0 aromatic heterocycles. The number of nitrogens with zero attached hydrogens (tertiary/aromatic N) is 1. The van der Waals surface area contributed by atoms with Crippen molar-refractivity contribution in [2.45, 2.75) is 19.0 Å². The SMILES string of the molecule is C[NH+](Cc1ccc(Cl)c(Cl)c1)CN1C(=O)N[C@@](C)(c2ccccc2)C1=O. The fourth-order valence-corrected chi connectivity index (χ4v) is 3.45. The Labute approximate surface area is 162 Å². The summed E-state index contributed by atoms with van der Waals surface area (Å²) in [4.78, 5) is 27.6. The van der Waals surface area contributed by atoms with Crippen LogP contribution < -0.4 is 10.2 Å². The summed E-state index contributed by atoms with van der Waals surface area (Å²) in [6.07, 6.45) is 0. The fraction of sp³-hybridized carbons (Fsp3) is 0.263. The number of hydrogen-bond donors (Lipinski definition) is 2. The molecule has 5 nitrogen and oxygen atoms in total. The van der Waals surface area contributed by atoms with Crippen molar-refractivity contribution in [3.05, 3.63) is 69.7 Å². The van der Waals surface area contributed by atoms with Gasteiger partial charge in [-0.2, -0.15) is 0 Å². The van der Waals surface area contributed by atoms with Gasteiger partial charge in [-0.1, -0.05) is 59.6 Å². The van der Waals surface area contributed by atoms with E-state index in [0.29, 0.717) is 16.6 Å². The smallest absolute Gasteiger partial charge is 0.319 e. The zero-order valence-corrected chi connectivity index (χ0v) is 16.1. The standard InChI is InChI=1S/C19H19Cl2N3O2/c1-19(14-6-4-3-5-7-14)17(25)24(18(26)22-19)12-23(2)11-13-8-9-15(20)16(21)10-13/h3-10H,11-12H2,1-2H3,(H,22,26)/p+1/t19-/m0/s1. The number of rotatable bonds is 5. The first-order valence-corrected chi connectivity index (χ1v) is 9.01. The van der Waals surface area contributed by atoms with E-state index in [1.807, 2.05) is 43.4 Å². The first kappa shape index (κ1) is 18.7. The Kier molecular flexibility index (Phi) is 5.23. The Hall–Kier alpha value is -2.08. The predicted octanol–water partition coefficient (Wildman–Crippen LogP) is 2.43. The quantitative estimate of drug-likeness (QED) is 0.767. The van der Waals surface area contributed by atoms with E-state index < -0.39 is 5.54 Å². The molecular weight excluding hydrogens is 373 g/mol. The molecule has 0 radical (unpaired) electrons. The minimum absolute atomic E-state index is 0.248. The van der Waals surface area contributed by atoms with Crippen LogP contribution in [0.1, 0.15) is 18.1 Å². The van der Waals surface area contributed by atoms with Crippen LogP contribution in [0, 0.1) is 0 Å². The number of benzene rings is 2. The lowest BCUT2D eigenvalue weighted by Gasteiger charge is -2.23. The van der Waals surface area contributed by atoms with Crippen LogP contribution in [0.25, 0.3) is 0 Å². The van der Waals surface area contributed by atoms with E-state index in [1.54, 1.807) is 19.1 Å². The summed E-state index contributed by atoms with van der Waals surface area (Å²) in [6.45, 7) is 2.60. The van der Waals surface area contributed by atoms with Crippen LogP contribution in [0.5, 0.6) is 0 Å². The molecule has 2 aromatic carbocycles. The lowest BCUT2D eigenvalue weighted by Crippen LogP contribution is -3.09. The van der Waals surface area contributed by atoms with Crippen molar-refractivity contribution in [3.63, 3.8) is 0 Å². The topological polar surface area (TPSA) is 53.9 Å². The highest BCUT2D eigenvalue weighted by molar-refractivity contribution is 6.42. The van der Waals surface area contributed by atoms with Crippen LogP contribution in [0.3, 0.4) is 0 Å². The molecule has 0 saturated carbocycles. The molecule has 26 heavy (non-hydrogen) atoms. The van der Waals surface area contributed by atoms with Crippen molar-refractivity contribution in [3.8, 4) is 0 Å². The van der Waals surface area contributed by atoms with E-state index in [9.17, 15) is 9.59 Å². The van der Waals surface area contributed by atoms with E-state index in [-0.39, 0.29) is 18.6 Å². The van der Waals surface area contributed by atoms with E-state index in [0.717, 1.165) is 16.0 Å². The second-order valence-electron chi connectivity index (χ2n) is 6.69. The molecule has 3 amide bonds. The number of urea groups is 1. The van der Waals surface area contributed by atoms with Crippen LogP contribution in [-0.4, -0.2) is 30.6 Å². The largest absolute Gasteiger partial charge is 0.329 e. The van der Waals surface area contributed by atoms with Gasteiger partial charge < -0.3 is 10.2 Å². The first-order valence-electron chi connectivity index (χ1n) is 8.26. The third-order valence-corrected chi connectivity index (χ3v) is 5.28. The molecule has 1 aliphatic heterocycles. The number of hydrogen-bond acceptors (Lipinski definition) is 2. The van der Waals surface area contributed by atoms with Gasteiger partial charge in [0.2, 0.25) is 0 Å². The maximum atomic E-state index is 12.9. The molecule has 2 aromatic rings. The van der Waals surface area contributed by atoms with Gasteiger partial charge in [0.15, 0.2) is 6.67 Å². The summed E-state index contributed by atoms with van der Waals surface area (Å²) in [6, 6.07) is 14.3. The van der Waals surface area contributed by atoms with E-state index in [4.69, 9.17) is 23.2 Å². The van der Waals surface area contributed by atoms with Gasteiger partial charge >= 0.3 is 6.03 Å². The van der Waals surface area contributed by atoms with Gasteiger partial charge in [0, 0.05) is 5.56 Å². The normalized spacial score (nSPS) is 21.0. The molecule has 1 fully saturated rings. The maximum absolute atomic E-state index is 12.9. The van der Waals surface area contributed by atoms with Crippen molar-refractivity contribution in [2.75, 3.05) is 13.7 Å².